The number of hydrogen-bond acceptors (Lipinski definition) is 6. The molecule has 0 unspecified atom stereocenters. The highest BCUT2D eigenvalue weighted by atomic mass is 16.5. The van der Waals surface area contributed by atoms with Crippen LogP contribution in [0.15, 0.2) is 53.4 Å². The summed E-state index contributed by atoms with van der Waals surface area (Å²) in [5, 5.41) is 0.953. The summed E-state index contributed by atoms with van der Waals surface area (Å²) in [6.07, 6.45) is 7.01. The van der Waals surface area contributed by atoms with Crippen LogP contribution < -0.4 is 0 Å². The molecule has 0 saturated carbocycles. The van der Waals surface area contributed by atoms with Crippen molar-refractivity contribution in [2.45, 2.75) is 12.8 Å². The first kappa shape index (κ1) is 22.6. The number of amides is 2. The predicted molar refractivity (Wildman–Crippen MR) is 128 cm³/mol. The van der Waals surface area contributed by atoms with E-state index in [-0.39, 0.29) is 11.8 Å². The molecular formula is C26H30N4O4. The van der Waals surface area contributed by atoms with E-state index in [4.69, 9.17) is 9.15 Å². The van der Waals surface area contributed by atoms with Crippen molar-refractivity contribution in [3.05, 3.63) is 65.7 Å². The van der Waals surface area contributed by atoms with Gasteiger partial charge in [0.1, 0.15) is 5.58 Å². The van der Waals surface area contributed by atoms with Crippen molar-refractivity contribution in [1.82, 2.24) is 19.7 Å². The van der Waals surface area contributed by atoms with Gasteiger partial charge in [0.25, 0.3) is 11.8 Å². The average Bonchev–Trinajstić information content (AvgIpc) is 3.37. The zero-order chi connectivity index (χ0) is 23.3. The van der Waals surface area contributed by atoms with E-state index in [0.717, 1.165) is 62.1 Å². The third-order valence-electron chi connectivity index (χ3n) is 6.64. The van der Waals surface area contributed by atoms with E-state index in [1.165, 1.54) is 0 Å². The molecule has 8 nitrogen and oxygen atoms in total. The zero-order valence-electron chi connectivity index (χ0n) is 19.3. The predicted octanol–water partition coefficient (Wildman–Crippen LogP) is 2.69. The van der Waals surface area contributed by atoms with Crippen LogP contribution in [0.4, 0.5) is 0 Å². The number of carbonyl (C=O) groups excluding carboxylic acids is 2. The van der Waals surface area contributed by atoms with Gasteiger partial charge in [-0.25, -0.2) is 0 Å². The van der Waals surface area contributed by atoms with E-state index >= 15 is 0 Å². The summed E-state index contributed by atoms with van der Waals surface area (Å²) >= 11 is 0. The molecule has 2 fully saturated rings. The summed E-state index contributed by atoms with van der Waals surface area (Å²) in [4.78, 5) is 36.1. The second-order valence-electron chi connectivity index (χ2n) is 8.90. The van der Waals surface area contributed by atoms with Crippen LogP contribution in [0.25, 0.3) is 11.0 Å². The van der Waals surface area contributed by atoms with Gasteiger partial charge in [-0.05, 0) is 55.3 Å². The van der Waals surface area contributed by atoms with Crippen LogP contribution in [-0.4, -0.2) is 90.5 Å². The highest BCUT2D eigenvalue weighted by molar-refractivity contribution is 5.97. The molecule has 178 valence electrons. The number of morpholine rings is 1. The molecule has 1 aromatic carbocycles. The molecule has 2 aliphatic heterocycles. The Morgan fingerprint density at radius 2 is 1.62 bits per heavy atom. The van der Waals surface area contributed by atoms with Crippen molar-refractivity contribution in [3.8, 4) is 0 Å². The maximum Gasteiger partial charge on any atom is 0.255 e. The molecule has 2 aromatic heterocycles. The number of furan rings is 1. The number of rotatable bonds is 6. The van der Waals surface area contributed by atoms with Crippen LogP contribution in [-0.2, 0) is 11.2 Å². The Balaban J connectivity index is 1.08. The molecule has 0 bridgehead atoms. The van der Waals surface area contributed by atoms with E-state index in [2.05, 4.69) is 9.88 Å². The summed E-state index contributed by atoms with van der Waals surface area (Å²) in [6.45, 7) is 6.62. The highest BCUT2D eigenvalue weighted by Gasteiger charge is 2.22. The summed E-state index contributed by atoms with van der Waals surface area (Å²) in [6, 6.07) is 9.45. The number of piperazine rings is 1. The summed E-state index contributed by atoms with van der Waals surface area (Å²) in [7, 11) is 0. The number of carbonyl (C=O) groups is 2. The van der Waals surface area contributed by atoms with Gasteiger partial charge in [0.15, 0.2) is 0 Å². The van der Waals surface area contributed by atoms with Gasteiger partial charge in [-0.2, -0.15) is 0 Å². The first-order chi connectivity index (χ1) is 16.7. The van der Waals surface area contributed by atoms with E-state index in [0.29, 0.717) is 37.4 Å². The number of hydrogen-bond donors (Lipinski definition) is 0. The lowest BCUT2D eigenvalue weighted by Gasteiger charge is -2.34. The molecule has 0 aliphatic carbocycles. The summed E-state index contributed by atoms with van der Waals surface area (Å²) < 4.78 is 10.7. The molecule has 2 saturated heterocycles. The average molecular weight is 463 g/mol. The van der Waals surface area contributed by atoms with Gasteiger partial charge < -0.3 is 19.0 Å². The minimum absolute atomic E-state index is 0.0327. The van der Waals surface area contributed by atoms with Crippen LogP contribution in [0.5, 0.6) is 0 Å². The zero-order valence-corrected chi connectivity index (χ0v) is 19.3. The first-order valence-electron chi connectivity index (χ1n) is 12.0. The largest absolute Gasteiger partial charge is 0.464 e. The summed E-state index contributed by atoms with van der Waals surface area (Å²) in [5.41, 5.74) is 3.25. The first-order valence-corrected chi connectivity index (χ1v) is 12.0. The van der Waals surface area contributed by atoms with Gasteiger partial charge in [-0.15, -0.1) is 0 Å². The minimum Gasteiger partial charge on any atom is -0.464 e. The Kier molecular flexibility index (Phi) is 6.87. The lowest BCUT2D eigenvalue weighted by atomic mass is 10.1. The number of fused-ring (bicyclic) bond motifs is 1. The van der Waals surface area contributed by atoms with Crippen molar-refractivity contribution in [3.63, 3.8) is 0 Å². The van der Waals surface area contributed by atoms with Crippen LogP contribution in [0.2, 0.25) is 0 Å². The number of aryl methyl sites for hydroxylation is 1. The molecule has 2 amide bonds. The fourth-order valence-corrected chi connectivity index (χ4v) is 4.65. The number of ether oxygens (including phenoxy) is 1. The lowest BCUT2D eigenvalue weighted by Crippen LogP contribution is -2.48. The molecule has 0 atom stereocenters. The summed E-state index contributed by atoms with van der Waals surface area (Å²) in [5.74, 6) is 0.112. The van der Waals surface area contributed by atoms with Crippen LogP contribution in [0.3, 0.4) is 0 Å². The molecule has 0 N–H and O–H groups in total. The van der Waals surface area contributed by atoms with Gasteiger partial charge in [0, 0.05) is 62.6 Å². The SMILES string of the molecule is O=C(c1cncc(CCCN2CCN(C(=O)c3ccc4occc4c3)CC2)c1)N1CCOCC1. The smallest absolute Gasteiger partial charge is 0.255 e. The Morgan fingerprint density at radius 1 is 0.853 bits per heavy atom. The third kappa shape index (κ3) is 5.13. The normalized spacial score (nSPS) is 17.3. The van der Waals surface area contributed by atoms with Crippen molar-refractivity contribution in [1.29, 1.82) is 0 Å². The van der Waals surface area contributed by atoms with Gasteiger partial charge in [-0.3, -0.25) is 19.5 Å². The Labute approximate surface area is 199 Å². The van der Waals surface area contributed by atoms with Gasteiger partial charge in [0.05, 0.1) is 25.0 Å². The van der Waals surface area contributed by atoms with E-state index in [1.807, 2.05) is 46.3 Å². The fourth-order valence-electron chi connectivity index (χ4n) is 4.65. The fraction of sp³-hybridized carbons (Fsp3) is 0.423. The van der Waals surface area contributed by atoms with Crippen molar-refractivity contribution in [2.24, 2.45) is 0 Å². The second kappa shape index (κ2) is 10.4. The number of pyridine rings is 1. The van der Waals surface area contributed by atoms with Crippen LogP contribution in [0.1, 0.15) is 32.7 Å². The number of nitrogens with zero attached hydrogens (tertiary/aromatic N) is 4. The highest BCUT2D eigenvalue weighted by Crippen LogP contribution is 2.19. The Morgan fingerprint density at radius 3 is 2.44 bits per heavy atom. The van der Waals surface area contributed by atoms with E-state index in [1.54, 1.807) is 12.5 Å². The molecule has 0 radical (unpaired) electrons. The van der Waals surface area contributed by atoms with Crippen molar-refractivity contribution < 1.29 is 18.7 Å². The molecule has 8 heteroatoms. The maximum atomic E-state index is 12.9. The van der Waals surface area contributed by atoms with Gasteiger partial charge in [0.2, 0.25) is 0 Å². The third-order valence-corrected chi connectivity index (χ3v) is 6.64. The number of aromatic nitrogens is 1. The topological polar surface area (TPSA) is 79.1 Å². The van der Waals surface area contributed by atoms with Gasteiger partial charge in [-0.1, -0.05) is 0 Å². The van der Waals surface area contributed by atoms with Crippen LogP contribution in [0, 0.1) is 0 Å². The standard InChI is InChI=1S/C26H30N4O4/c31-25(22-3-4-24-21(17-22)5-13-34-24)29-9-7-28(8-10-29)6-1-2-20-16-23(19-27-18-20)26(32)30-11-14-33-15-12-30/h3-5,13,16-19H,1-2,6-12,14-15H2. The molecule has 34 heavy (non-hydrogen) atoms. The van der Waals surface area contributed by atoms with Gasteiger partial charge >= 0.3 is 0 Å². The molecule has 3 aromatic rings. The van der Waals surface area contributed by atoms with E-state index < -0.39 is 0 Å². The Bertz CT molecular complexity index is 1150. The molecule has 4 heterocycles. The molecule has 0 spiro atoms. The monoisotopic (exact) mass is 462 g/mol. The maximum absolute atomic E-state index is 12.9. The molecule has 5 rings (SSSR count). The Hall–Kier alpha value is -3.23. The van der Waals surface area contributed by atoms with Crippen molar-refractivity contribution in [2.75, 3.05) is 59.0 Å². The second-order valence-corrected chi connectivity index (χ2v) is 8.90. The minimum atomic E-state index is 0.0327. The number of benzene rings is 1. The molecule has 2 aliphatic rings. The quantitative estimate of drug-likeness (QED) is 0.561. The molecular weight excluding hydrogens is 432 g/mol. The van der Waals surface area contributed by atoms with E-state index in [9.17, 15) is 9.59 Å². The lowest BCUT2D eigenvalue weighted by molar-refractivity contribution is 0.0302. The van der Waals surface area contributed by atoms with Crippen LogP contribution >= 0.6 is 0 Å². The van der Waals surface area contributed by atoms with Crippen molar-refractivity contribution >= 4 is 22.8 Å².